The summed E-state index contributed by atoms with van der Waals surface area (Å²) < 4.78 is 45.3. The number of benzene rings is 1. The lowest BCUT2D eigenvalue weighted by Gasteiger charge is -2.20. The van der Waals surface area contributed by atoms with Gasteiger partial charge in [-0.2, -0.15) is 0 Å². The van der Waals surface area contributed by atoms with Gasteiger partial charge < -0.3 is 9.64 Å². The van der Waals surface area contributed by atoms with E-state index in [-0.39, 0.29) is 19.0 Å². The minimum atomic E-state index is -2.70. The summed E-state index contributed by atoms with van der Waals surface area (Å²) in [6, 6.07) is 9.13. The normalized spacial score (nSPS) is 11.2. The van der Waals surface area contributed by atoms with E-state index >= 15 is 0 Å². The van der Waals surface area contributed by atoms with Crippen LogP contribution in [0.15, 0.2) is 41.8 Å². The van der Waals surface area contributed by atoms with Gasteiger partial charge >= 0.3 is 0 Å². The van der Waals surface area contributed by atoms with Crippen LogP contribution in [0.3, 0.4) is 0 Å². The van der Waals surface area contributed by atoms with Crippen LogP contribution in [0.5, 0.6) is 0 Å². The highest BCUT2D eigenvalue weighted by Gasteiger charge is 2.25. The number of hydrogen-bond acceptors (Lipinski definition) is 5. The average Bonchev–Trinajstić information content (AvgIpc) is 3.34. The summed E-state index contributed by atoms with van der Waals surface area (Å²) in [7, 11) is 1.42. The van der Waals surface area contributed by atoms with Crippen LogP contribution in [-0.2, 0) is 4.74 Å². The van der Waals surface area contributed by atoms with Gasteiger partial charge in [-0.1, -0.05) is 6.07 Å². The van der Waals surface area contributed by atoms with Gasteiger partial charge in [-0.15, -0.1) is 16.4 Å². The van der Waals surface area contributed by atoms with Crippen molar-refractivity contribution in [1.82, 2.24) is 19.7 Å². The van der Waals surface area contributed by atoms with Crippen LogP contribution in [0.4, 0.5) is 13.2 Å². The lowest BCUT2D eigenvalue weighted by atomic mass is 10.3. The summed E-state index contributed by atoms with van der Waals surface area (Å²) in [5, 5.41) is 6.05. The standard InChI is InChI=1S/C18H17F3N4O2S/c1-27-9-8-24(11-15(20)21)18(26)16-22-17(14-3-2-10-28-14)25(23-16)13-6-4-12(19)5-7-13/h2-7,10,15H,8-9,11H2,1H3. The maximum atomic E-state index is 13.3. The van der Waals surface area contributed by atoms with E-state index in [1.54, 1.807) is 6.07 Å². The first-order chi connectivity index (χ1) is 13.5. The zero-order valence-corrected chi connectivity index (χ0v) is 15.7. The molecule has 1 aromatic carbocycles. The van der Waals surface area contributed by atoms with Crippen LogP contribution in [-0.4, -0.2) is 58.8 Å². The second-order valence-corrected chi connectivity index (χ2v) is 6.71. The first-order valence-corrected chi connectivity index (χ1v) is 9.20. The molecule has 1 amide bonds. The molecule has 0 spiro atoms. The fourth-order valence-electron chi connectivity index (χ4n) is 2.52. The van der Waals surface area contributed by atoms with Gasteiger partial charge in [-0.25, -0.2) is 22.8 Å². The van der Waals surface area contributed by atoms with Crippen LogP contribution >= 0.6 is 11.3 Å². The number of rotatable bonds is 8. The van der Waals surface area contributed by atoms with Gasteiger partial charge in [0.15, 0.2) is 5.82 Å². The first kappa shape index (κ1) is 20.0. The van der Waals surface area contributed by atoms with Crippen LogP contribution in [0.25, 0.3) is 16.4 Å². The molecule has 3 aromatic rings. The Kier molecular flexibility index (Phi) is 6.42. The van der Waals surface area contributed by atoms with E-state index in [2.05, 4.69) is 10.1 Å². The van der Waals surface area contributed by atoms with E-state index in [4.69, 9.17) is 4.74 Å². The number of aromatic nitrogens is 3. The third kappa shape index (κ3) is 4.57. The molecule has 0 atom stereocenters. The predicted octanol–water partition coefficient (Wildman–Crippen LogP) is 3.49. The minimum Gasteiger partial charge on any atom is -0.383 e. The highest BCUT2D eigenvalue weighted by Crippen LogP contribution is 2.26. The van der Waals surface area contributed by atoms with E-state index in [9.17, 15) is 18.0 Å². The highest BCUT2D eigenvalue weighted by atomic mass is 32.1. The summed E-state index contributed by atoms with van der Waals surface area (Å²) in [5.41, 5.74) is 0.494. The Morgan fingerprint density at radius 3 is 2.64 bits per heavy atom. The molecule has 2 heterocycles. The fraction of sp³-hybridized carbons (Fsp3) is 0.278. The van der Waals surface area contributed by atoms with Crippen molar-refractivity contribution in [2.45, 2.75) is 6.43 Å². The van der Waals surface area contributed by atoms with Crippen molar-refractivity contribution in [3.05, 3.63) is 53.4 Å². The summed E-state index contributed by atoms with van der Waals surface area (Å²) in [6.07, 6.45) is -2.70. The third-order valence-corrected chi connectivity index (χ3v) is 4.69. The number of ether oxygens (including phenoxy) is 1. The third-order valence-electron chi connectivity index (χ3n) is 3.82. The quantitative estimate of drug-likeness (QED) is 0.571. The summed E-state index contributed by atoms with van der Waals surface area (Å²) in [4.78, 5) is 18.7. The van der Waals surface area contributed by atoms with E-state index in [1.165, 1.54) is 47.4 Å². The Balaban J connectivity index is 2.00. The molecule has 0 bridgehead atoms. The number of amides is 1. The van der Waals surface area contributed by atoms with Crippen molar-refractivity contribution in [1.29, 1.82) is 0 Å². The zero-order chi connectivity index (χ0) is 20.1. The average molecular weight is 410 g/mol. The van der Waals surface area contributed by atoms with Crippen LogP contribution < -0.4 is 0 Å². The Hall–Kier alpha value is -2.72. The Bertz CT molecular complexity index is 914. The molecule has 0 radical (unpaired) electrons. The number of thiophene rings is 1. The highest BCUT2D eigenvalue weighted by molar-refractivity contribution is 7.13. The van der Waals surface area contributed by atoms with Crippen molar-refractivity contribution in [3.8, 4) is 16.4 Å². The molecule has 0 saturated heterocycles. The number of carbonyl (C=O) groups is 1. The van der Waals surface area contributed by atoms with Gasteiger partial charge in [0, 0.05) is 13.7 Å². The molecule has 0 aliphatic heterocycles. The number of halogens is 3. The fourth-order valence-corrected chi connectivity index (χ4v) is 3.21. The number of nitrogens with zero attached hydrogens (tertiary/aromatic N) is 4. The predicted molar refractivity (Wildman–Crippen MR) is 98.4 cm³/mol. The number of methoxy groups -OCH3 is 1. The van der Waals surface area contributed by atoms with Crippen molar-refractivity contribution in [2.75, 3.05) is 26.8 Å². The molecular formula is C18H17F3N4O2S. The van der Waals surface area contributed by atoms with Gasteiger partial charge in [0.2, 0.25) is 5.82 Å². The van der Waals surface area contributed by atoms with Gasteiger partial charge in [-0.3, -0.25) is 4.79 Å². The first-order valence-electron chi connectivity index (χ1n) is 8.33. The maximum Gasteiger partial charge on any atom is 0.293 e. The van der Waals surface area contributed by atoms with Crippen LogP contribution in [0.2, 0.25) is 0 Å². The molecule has 148 valence electrons. The SMILES string of the molecule is COCCN(CC(F)F)C(=O)c1nc(-c2cccs2)n(-c2ccc(F)cc2)n1. The molecule has 0 saturated carbocycles. The molecule has 0 unspecified atom stereocenters. The van der Waals surface area contributed by atoms with Crippen molar-refractivity contribution in [2.24, 2.45) is 0 Å². The maximum absolute atomic E-state index is 13.3. The number of hydrogen-bond donors (Lipinski definition) is 0. The molecule has 3 rings (SSSR count). The van der Waals surface area contributed by atoms with Gasteiger partial charge in [0.1, 0.15) is 5.82 Å². The molecule has 0 aliphatic carbocycles. The summed E-state index contributed by atoms with van der Waals surface area (Å²) >= 11 is 1.38. The Labute approximate surface area is 163 Å². The second-order valence-electron chi connectivity index (χ2n) is 5.76. The van der Waals surface area contributed by atoms with E-state index in [0.29, 0.717) is 11.5 Å². The monoisotopic (exact) mass is 410 g/mol. The summed E-state index contributed by atoms with van der Waals surface area (Å²) in [6.45, 7) is -0.657. The van der Waals surface area contributed by atoms with E-state index in [1.807, 2.05) is 11.4 Å². The molecule has 0 N–H and O–H groups in total. The Morgan fingerprint density at radius 1 is 1.29 bits per heavy atom. The summed E-state index contributed by atoms with van der Waals surface area (Å²) in [5.74, 6) is -0.991. The molecular weight excluding hydrogens is 393 g/mol. The van der Waals surface area contributed by atoms with Crippen molar-refractivity contribution < 1.29 is 22.7 Å². The zero-order valence-electron chi connectivity index (χ0n) is 14.9. The van der Waals surface area contributed by atoms with Crippen LogP contribution in [0, 0.1) is 5.82 Å². The number of carbonyl (C=O) groups excluding carboxylic acids is 1. The van der Waals surface area contributed by atoms with Crippen molar-refractivity contribution >= 4 is 17.2 Å². The van der Waals surface area contributed by atoms with Crippen molar-refractivity contribution in [3.63, 3.8) is 0 Å². The molecule has 6 nitrogen and oxygen atoms in total. The van der Waals surface area contributed by atoms with Gasteiger partial charge in [0.25, 0.3) is 12.3 Å². The number of alkyl halides is 2. The second kappa shape index (κ2) is 8.98. The molecule has 28 heavy (non-hydrogen) atoms. The molecule has 10 heteroatoms. The van der Waals surface area contributed by atoms with Gasteiger partial charge in [-0.05, 0) is 35.7 Å². The molecule has 2 aromatic heterocycles. The smallest absolute Gasteiger partial charge is 0.293 e. The topological polar surface area (TPSA) is 60.2 Å². The molecule has 0 fully saturated rings. The van der Waals surface area contributed by atoms with Crippen LogP contribution in [0.1, 0.15) is 10.6 Å². The lowest BCUT2D eigenvalue weighted by molar-refractivity contribution is 0.0468. The minimum absolute atomic E-state index is 0.0148. The lowest BCUT2D eigenvalue weighted by Crippen LogP contribution is -2.38. The van der Waals surface area contributed by atoms with E-state index in [0.717, 1.165) is 9.78 Å². The van der Waals surface area contributed by atoms with E-state index < -0.39 is 24.7 Å². The largest absolute Gasteiger partial charge is 0.383 e. The van der Waals surface area contributed by atoms with Gasteiger partial charge in [0.05, 0.1) is 23.7 Å². The Morgan fingerprint density at radius 2 is 2.04 bits per heavy atom. The molecule has 0 aliphatic rings.